The molecule has 0 aliphatic heterocycles. The SMILES string of the molecule is BC1=CC(=C(/C)C(N)=O)/C(=N\CC(C)CC)C=C1. The fraction of sp³-hybridized carbons (Fsp3) is 0.429. The monoisotopic (exact) mass is 244 g/mol. The van der Waals surface area contributed by atoms with Gasteiger partial charge in [0, 0.05) is 17.7 Å². The molecule has 1 aliphatic rings. The Bertz CT molecular complexity index is 458. The molecular weight excluding hydrogens is 223 g/mol. The lowest BCUT2D eigenvalue weighted by Gasteiger charge is -2.13. The minimum absolute atomic E-state index is 0.388. The Kier molecular flexibility index (Phi) is 5.14. The average Bonchev–Trinajstić information content (AvgIpc) is 2.35. The summed E-state index contributed by atoms with van der Waals surface area (Å²) in [5.74, 6) is 0.161. The Morgan fingerprint density at radius 1 is 1.50 bits per heavy atom. The summed E-state index contributed by atoms with van der Waals surface area (Å²) in [4.78, 5) is 15.9. The maximum atomic E-state index is 11.3. The van der Waals surface area contributed by atoms with E-state index in [2.05, 4.69) is 18.8 Å². The van der Waals surface area contributed by atoms with E-state index in [0.29, 0.717) is 11.5 Å². The topological polar surface area (TPSA) is 55.5 Å². The summed E-state index contributed by atoms with van der Waals surface area (Å²) in [6.45, 7) is 6.84. The van der Waals surface area contributed by atoms with E-state index in [0.717, 1.165) is 29.7 Å². The van der Waals surface area contributed by atoms with Crippen molar-refractivity contribution in [2.24, 2.45) is 16.6 Å². The van der Waals surface area contributed by atoms with Gasteiger partial charge in [0.25, 0.3) is 0 Å². The van der Waals surface area contributed by atoms with Crippen LogP contribution in [0.5, 0.6) is 0 Å². The van der Waals surface area contributed by atoms with Gasteiger partial charge in [-0.15, -0.1) is 0 Å². The lowest BCUT2D eigenvalue weighted by molar-refractivity contribution is -0.114. The van der Waals surface area contributed by atoms with Crippen LogP contribution in [-0.4, -0.2) is 26.0 Å². The highest BCUT2D eigenvalue weighted by Crippen LogP contribution is 2.17. The van der Waals surface area contributed by atoms with Crippen molar-refractivity contribution < 1.29 is 4.79 Å². The molecule has 0 spiro atoms. The number of amides is 1. The number of allylic oxidation sites excluding steroid dienone is 5. The molecule has 1 unspecified atom stereocenters. The van der Waals surface area contributed by atoms with Gasteiger partial charge >= 0.3 is 0 Å². The van der Waals surface area contributed by atoms with Gasteiger partial charge in [0.1, 0.15) is 7.85 Å². The molecule has 0 aromatic heterocycles. The van der Waals surface area contributed by atoms with Crippen molar-refractivity contribution >= 4 is 19.5 Å². The second-order valence-corrected chi connectivity index (χ2v) is 4.86. The van der Waals surface area contributed by atoms with Crippen molar-refractivity contribution in [3.05, 3.63) is 34.8 Å². The molecule has 1 rings (SSSR count). The van der Waals surface area contributed by atoms with Crippen molar-refractivity contribution in [2.45, 2.75) is 27.2 Å². The predicted octanol–water partition coefficient (Wildman–Crippen LogP) is 1.36. The second kappa shape index (κ2) is 6.38. The number of primary amides is 1. The average molecular weight is 244 g/mol. The van der Waals surface area contributed by atoms with Crippen molar-refractivity contribution in [1.82, 2.24) is 0 Å². The smallest absolute Gasteiger partial charge is 0.245 e. The van der Waals surface area contributed by atoms with Gasteiger partial charge in [-0.3, -0.25) is 9.79 Å². The van der Waals surface area contributed by atoms with E-state index in [1.54, 1.807) is 6.92 Å². The summed E-state index contributed by atoms with van der Waals surface area (Å²) in [5.41, 5.74) is 8.74. The number of rotatable bonds is 4. The molecule has 0 aromatic carbocycles. The molecule has 3 nitrogen and oxygen atoms in total. The van der Waals surface area contributed by atoms with Gasteiger partial charge in [-0.05, 0) is 18.9 Å². The molecule has 0 fully saturated rings. The van der Waals surface area contributed by atoms with E-state index in [4.69, 9.17) is 5.73 Å². The van der Waals surface area contributed by atoms with Gasteiger partial charge in [-0.1, -0.05) is 37.9 Å². The highest BCUT2D eigenvalue weighted by atomic mass is 16.1. The summed E-state index contributed by atoms with van der Waals surface area (Å²) in [6, 6.07) is 0. The van der Waals surface area contributed by atoms with Gasteiger partial charge in [-0.25, -0.2) is 0 Å². The molecule has 4 heteroatoms. The van der Waals surface area contributed by atoms with Crippen molar-refractivity contribution in [3.8, 4) is 0 Å². The van der Waals surface area contributed by atoms with E-state index in [1.165, 1.54) is 0 Å². The lowest BCUT2D eigenvalue weighted by Crippen LogP contribution is -2.17. The number of carbonyl (C=O) groups excluding carboxylic acids is 1. The molecule has 0 saturated heterocycles. The molecule has 1 atom stereocenters. The number of nitrogens with two attached hydrogens (primary N) is 1. The third kappa shape index (κ3) is 3.72. The maximum absolute atomic E-state index is 11.3. The quantitative estimate of drug-likeness (QED) is 0.589. The van der Waals surface area contributed by atoms with Gasteiger partial charge in [0.2, 0.25) is 5.91 Å². The van der Waals surface area contributed by atoms with Gasteiger partial charge in [0.15, 0.2) is 0 Å². The minimum atomic E-state index is -0.388. The standard InChI is InChI=1S/C14H21BN2O/c1-4-9(2)8-17-13-6-5-11(15)7-12(13)10(3)14(16)18/h5-7,9H,4,8,15H2,1-3H3,(H2,16,18)/b12-10+,17-13-. The molecule has 96 valence electrons. The first-order chi connectivity index (χ1) is 8.45. The third-order valence-corrected chi connectivity index (χ3v) is 3.20. The molecule has 1 amide bonds. The van der Waals surface area contributed by atoms with Gasteiger partial charge < -0.3 is 5.73 Å². The molecule has 0 bridgehead atoms. The Hall–Kier alpha value is -1.58. The maximum Gasteiger partial charge on any atom is 0.245 e. The molecule has 18 heavy (non-hydrogen) atoms. The molecule has 2 N–H and O–H groups in total. The molecular formula is C14H21BN2O. The van der Waals surface area contributed by atoms with Crippen LogP contribution in [-0.2, 0) is 4.79 Å². The van der Waals surface area contributed by atoms with E-state index >= 15 is 0 Å². The van der Waals surface area contributed by atoms with E-state index in [-0.39, 0.29) is 5.91 Å². The lowest BCUT2D eigenvalue weighted by atomic mass is 9.86. The summed E-state index contributed by atoms with van der Waals surface area (Å²) < 4.78 is 0. The fourth-order valence-electron chi connectivity index (χ4n) is 1.60. The van der Waals surface area contributed by atoms with Crippen LogP contribution in [0, 0.1) is 5.92 Å². The zero-order valence-corrected chi connectivity index (χ0v) is 11.7. The Morgan fingerprint density at radius 3 is 2.72 bits per heavy atom. The zero-order valence-electron chi connectivity index (χ0n) is 11.7. The Morgan fingerprint density at radius 2 is 2.17 bits per heavy atom. The molecule has 0 saturated carbocycles. The fourth-order valence-corrected chi connectivity index (χ4v) is 1.60. The van der Waals surface area contributed by atoms with Crippen LogP contribution in [0.2, 0.25) is 0 Å². The molecule has 0 aromatic rings. The van der Waals surface area contributed by atoms with Crippen molar-refractivity contribution in [1.29, 1.82) is 0 Å². The normalized spacial score (nSPS) is 21.7. The number of carbonyl (C=O) groups is 1. The Labute approximate surface area is 110 Å². The van der Waals surface area contributed by atoms with Crippen LogP contribution in [0.3, 0.4) is 0 Å². The van der Waals surface area contributed by atoms with E-state index in [9.17, 15) is 4.79 Å². The van der Waals surface area contributed by atoms with Crippen LogP contribution in [0.4, 0.5) is 0 Å². The van der Waals surface area contributed by atoms with Crippen LogP contribution < -0.4 is 5.73 Å². The number of hydrogen-bond donors (Lipinski definition) is 1. The summed E-state index contributed by atoms with van der Waals surface area (Å²) in [7, 11) is 2.00. The largest absolute Gasteiger partial charge is 0.366 e. The Balaban J connectivity index is 3.07. The molecule has 1 aliphatic carbocycles. The highest BCUT2D eigenvalue weighted by molar-refractivity contribution is 6.27. The molecule has 0 radical (unpaired) electrons. The summed E-state index contributed by atoms with van der Waals surface area (Å²) in [6.07, 6.45) is 7.03. The van der Waals surface area contributed by atoms with Crippen LogP contribution in [0.1, 0.15) is 27.2 Å². The summed E-state index contributed by atoms with van der Waals surface area (Å²) >= 11 is 0. The minimum Gasteiger partial charge on any atom is -0.366 e. The third-order valence-electron chi connectivity index (χ3n) is 3.20. The predicted molar refractivity (Wildman–Crippen MR) is 79.4 cm³/mol. The first kappa shape index (κ1) is 14.5. The van der Waals surface area contributed by atoms with Crippen LogP contribution in [0.25, 0.3) is 0 Å². The van der Waals surface area contributed by atoms with Crippen molar-refractivity contribution in [3.63, 3.8) is 0 Å². The summed E-state index contributed by atoms with van der Waals surface area (Å²) in [5, 5.41) is 0. The van der Waals surface area contributed by atoms with Gasteiger partial charge in [-0.2, -0.15) is 0 Å². The number of hydrogen-bond acceptors (Lipinski definition) is 2. The van der Waals surface area contributed by atoms with Crippen LogP contribution >= 0.6 is 0 Å². The van der Waals surface area contributed by atoms with E-state index in [1.807, 2.05) is 26.1 Å². The molecule has 0 heterocycles. The first-order valence-electron chi connectivity index (χ1n) is 6.37. The van der Waals surface area contributed by atoms with Crippen molar-refractivity contribution in [2.75, 3.05) is 6.54 Å². The highest BCUT2D eigenvalue weighted by Gasteiger charge is 2.13. The van der Waals surface area contributed by atoms with Gasteiger partial charge in [0.05, 0.1) is 5.71 Å². The van der Waals surface area contributed by atoms with E-state index < -0.39 is 0 Å². The number of aliphatic imine (C=N–C) groups is 1. The van der Waals surface area contributed by atoms with Crippen LogP contribution in [0.15, 0.2) is 39.8 Å². The first-order valence-corrected chi connectivity index (χ1v) is 6.37. The second-order valence-electron chi connectivity index (χ2n) is 4.86. The number of nitrogens with zero attached hydrogens (tertiary/aromatic N) is 1. The zero-order chi connectivity index (χ0) is 13.7.